The number of thiazole rings is 1. The highest BCUT2D eigenvalue weighted by molar-refractivity contribution is 7.18. The maximum absolute atomic E-state index is 4.74. The van der Waals surface area contributed by atoms with Crippen LogP contribution in [0.4, 0.5) is 0 Å². The van der Waals surface area contributed by atoms with Crippen LogP contribution in [0.5, 0.6) is 0 Å². The Labute approximate surface area is 127 Å². The third-order valence-electron chi connectivity index (χ3n) is 3.59. The van der Waals surface area contributed by atoms with Crippen LogP contribution < -0.4 is 5.32 Å². The number of rotatable bonds is 4. The van der Waals surface area contributed by atoms with Crippen molar-refractivity contribution < 1.29 is 0 Å². The first-order chi connectivity index (χ1) is 9.67. The van der Waals surface area contributed by atoms with Gasteiger partial charge in [-0.3, -0.25) is 0 Å². The van der Waals surface area contributed by atoms with Crippen molar-refractivity contribution >= 4 is 32.9 Å². The molecule has 0 radical (unpaired) electrons. The van der Waals surface area contributed by atoms with E-state index in [1.165, 1.54) is 25.0 Å². The summed E-state index contributed by atoms with van der Waals surface area (Å²) in [6.45, 7) is 4.37. The molecule has 4 heteroatoms. The Bertz CT molecular complexity index is 674. The molecule has 0 aliphatic heterocycles. The molecule has 0 bridgehead atoms. The summed E-state index contributed by atoms with van der Waals surface area (Å²) in [6.07, 6.45) is 0.954. The van der Waals surface area contributed by atoms with Gasteiger partial charge in [0, 0.05) is 22.2 Å². The van der Waals surface area contributed by atoms with Gasteiger partial charge in [-0.1, -0.05) is 12.1 Å². The van der Waals surface area contributed by atoms with E-state index < -0.39 is 0 Å². The number of para-hydroxylation sites is 1. The second kappa shape index (κ2) is 5.64. The molecule has 0 aliphatic carbocycles. The Morgan fingerprint density at radius 2 is 2.00 bits per heavy atom. The number of aryl methyl sites for hydroxylation is 2. The number of aromatic nitrogens is 1. The molecule has 1 unspecified atom stereocenters. The van der Waals surface area contributed by atoms with Crippen LogP contribution in [0.2, 0.25) is 0 Å². The number of hydrogen-bond acceptors (Lipinski definition) is 4. The molecule has 1 aromatic carbocycles. The van der Waals surface area contributed by atoms with E-state index in [-0.39, 0.29) is 0 Å². The van der Waals surface area contributed by atoms with Crippen LogP contribution in [0.15, 0.2) is 30.3 Å². The lowest BCUT2D eigenvalue weighted by Gasteiger charge is -2.12. The molecule has 1 N–H and O–H groups in total. The predicted molar refractivity (Wildman–Crippen MR) is 88.9 cm³/mol. The summed E-state index contributed by atoms with van der Waals surface area (Å²) in [6, 6.07) is 11.0. The van der Waals surface area contributed by atoms with Crippen molar-refractivity contribution in [2.24, 2.45) is 0 Å². The lowest BCUT2D eigenvalue weighted by Crippen LogP contribution is -2.17. The molecular formula is C16H18N2S2. The second-order valence-electron chi connectivity index (χ2n) is 5.01. The Kier molecular flexibility index (Phi) is 3.87. The minimum absolute atomic E-state index is 0.355. The van der Waals surface area contributed by atoms with E-state index >= 15 is 0 Å². The van der Waals surface area contributed by atoms with E-state index in [1.54, 1.807) is 11.3 Å². The van der Waals surface area contributed by atoms with Gasteiger partial charge < -0.3 is 5.32 Å². The highest BCUT2D eigenvalue weighted by Crippen LogP contribution is 2.30. The maximum Gasteiger partial charge on any atom is 0.0957 e. The van der Waals surface area contributed by atoms with E-state index in [4.69, 9.17) is 4.98 Å². The molecule has 0 saturated heterocycles. The van der Waals surface area contributed by atoms with Gasteiger partial charge in [-0.2, -0.15) is 0 Å². The summed E-state index contributed by atoms with van der Waals surface area (Å²) in [5, 5.41) is 4.63. The molecule has 0 saturated carbocycles. The lowest BCUT2D eigenvalue weighted by molar-refractivity contribution is 0.601. The molecule has 0 fully saturated rings. The number of likely N-dealkylation sites (N-methyl/N-ethyl adjacent to an activating group) is 1. The number of nitrogens with one attached hydrogen (secondary N) is 1. The van der Waals surface area contributed by atoms with E-state index in [1.807, 2.05) is 24.5 Å². The van der Waals surface area contributed by atoms with Gasteiger partial charge in [-0.05, 0) is 44.7 Å². The van der Waals surface area contributed by atoms with Crippen molar-refractivity contribution in [3.8, 4) is 0 Å². The van der Waals surface area contributed by atoms with E-state index in [0.717, 1.165) is 11.9 Å². The van der Waals surface area contributed by atoms with Gasteiger partial charge in [0.05, 0.1) is 15.2 Å². The number of fused-ring (bicyclic) bond motifs is 1. The predicted octanol–water partition coefficient (Wildman–Crippen LogP) is 4.48. The molecule has 2 nitrogen and oxygen atoms in total. The van der Waals surface area contributed by atoms with Crippen molar-refractivity contribution in [3.63, 3.8) is 0 Å². The first kappa shape index (κ1) is 13.7. The van der Waals surface area contributed by atoms with Crippen LogP contribution in [0.25, 0.3) is 10.2 Å². The topological polar surface area (TPSA) is 24.9 Å². The summed E-state index contributed by atoms with van der Waals surface area (Å²) < 4.78 is 1.27. The van der Waals surface area contributed by atoms with Gasteiger partial charge >= 0.3 is 0 Å². The highest BCUT2D eigenvalue weighted by atomic mass is 32.1. The number of hydrogen-bond donors (Lipinski definition) is 1. The van der Waals surface area contributed by atoms with Gasteiger partial charge in [-0.25, -0.2) is 4.98 Å². The second-order valence-corrected chi connectivity index (χ2v) is 7.41. The fourth-order valence-corrected chi connectivity index (χ4v) is 4.47. The Hall–Kier alpha value is -1.23. The summed E-state index contributed by atoms with van der Waals surface area (Å²) in [4.78, 5) is 7.55. The van der Waals surface area contributed by atoms with Crippen LogP contribution >= 0.6 is 22.7 Å². The average Bonchev–Trinajstić information content (AvgIpc) is 2.99. The SMILES string of the molecule is CNC(Cc1nc2ccccc2s1)c1cc(C)c(C)s1. The van der Waals surface area contributed by atoms with Crippen molar-refractivity contribution in [1.29, 1.82) is 0 Å². The van der Waals surface area contributed by atoms with Crippen LogP contribution in [0.3, 0.4) is 0 Å². The maximum atomic E-state index is 4.74. The molecule has 1 atom stereocenters. The van der Waals surface area contributed by atoms with Gasteiger partial charge in [0.15, 0.2) is 0 Å². The Morgan fingerprint density at radius 1 is 1.20 bits per heavy atom. The smallest absolute Gasteiger partial charge is 0.0957 e. The van der Waals surface area contributed by atoms with Gasteiger partial charge in [0.2, 0.25) is 0 Å². The molecule has 20 heavy (non-hydrogen) atoms. The molecule has 0 amide bonds. The van der Waals surface area contributed by atoms with Crippen LogP contribution in [0.1, 0.15) is 26.4 Å². The zero-order valence-electron chi connectivity index (χ0n) is 11.9. The fourth-order valence-electron chi connectivity index (χ4n) is 2.30. The van der Waals surface area contributed by atoms with E-state index in [2.05, 4.69) is 43.4 Å². The molecule has 0 aliphatic rings. The first-order valence-electron chi connectivity index (χ1n) is 6.76. The number of benzene rings is 1. The van der Waals surface area contributed by atoms with Crippen molar-refractivity contribution in [1.82, 2.24) is 10.3 Å². The first-order valence-corrected chi connectivity index (χ1v) is 8.39. The molecule has 0 spiro atoms. The van der Waals surface area contributed by atoms with E-state index in [9.17, 15) is 0 Å². The zero-order valence-corrected chi connectivity index (χ0v) is 13.6. The Balaban J connectivity index is 1.87. The van der Waals surface area contributed by atoms with Crippen molar-refractivity contribution in [2.75, 3.05) is 7.05 Å². The zero-order chi connectivity index (χ0) is 14.1. The Morgan fingerprint density at radius 3 is 2.65 bits per heavy atom. The van der Waals surface area contributed by atoms with Gasteiger partial charge in [0.1, 0.15) is 0 Å². The largest absolute Gasteiger partial charge is 0.312 e. The monoisotopic (exact) mass is 302 g/mol. The standard InChI is InChI=1S/C16H18N2S2/c1-10-8-15(19-11(10)2)13(17-3)9-16-18-12-6-4-5-7-14(12)20-16/h4-8,13,17H,9H2,1-3H3. The summed E-state index contributed by atoms with van der Waals surface area (Å²) in [5.41, 5.74) is 2.50. The third-order valence-corrected chi connectivity index (χ3v) is 5.92. The van der Waals surface area contributed by atoms with E-state index in [0.29, 0.717) is 6.04 Å². The molecule has 3 aromatic rings. The van der Waals surface area contributed by atoms with Crippen LogP contribution in [-0.4, -0.2) is 12.0 Å². The van der Waals surface area contributed by atoms with Gasteiger partial charge in [-0.15, -0.1) is 22.7 Å². The van der Waals surface area contributed by atoms with Crippen LogP contribution in [0, 0.1) is 13.8 Å². The number of thiophene rings is 1. The minimum atomic E-state index is 0.355. The summed E-state index contributed by atoms with van der Waals surface area (Å²) in [5.74, 6) is 0. The molecule has 2 aromatic heterocycles. The third kappa shape index (κ3) is 2.64. The molecule has 2 heterocycles. The normalized spacial score (nSPS) is 12.9. The molecule has 104 valence electrons. The quantitative estimate of drug-likeness (QED) is 0.768. The van der Waals surface area contributed by atoms with Crippen molar-refractivity contribution in [2.45, 2.75) is 26.3 Å². The fraction of sp³-hybridized carbons (Fsp3) is 0.312. The van der Waals surface area contributed by atoms with Crippen LogP contribution in [-0.2, 0) is 6.42 Å². The minimum Gasteiger partial charge on any atom is -0.312 e. The van der Waals surface area contributed by atoms with Gasteiger partial charge in [0.25, 0.3) is 0 Å². The lowest BCUT2D eigenvalue weighted by atomic mass is 10.1. The molecule has 3 rings (SSSR count). The highest BCUT2D eigenvalue weighted by Gasteiger charge is 2.16. The summed E-state index contributed by atoms with van der Waals surface area (Å²) >= 11 is 3.69. The van der Waals surface area contributed by atoms with Crippen molar-refractivity contribution in [3.05, 3.63) is 50.7 Å². The summed E-state index contributed by atoms with van der Waals surface area (Å²) in [7, 11) is 2.03. The molecular weight excluding hydrogens is 284 g/mol. The average molecular weight is 302 g/mol. The number of nitrogens with zero attached hydrogens (tertiary/aromatic N) is 1.